The standard InChI is InChI=1S/C18H21FN10O8P2S2/c19-9-7-3-34-38(31,40)33-2-1-28-8(25-10-13(20)22-5-23-14(10)28)4-35-39(32,41)37-12(9)17(36-7)29-6-24-11-15(29)26-18(21)27-16(11)30/h5-7,9,12,17H,1-4H2,(H,31,40)(H,32,41)(H2,20,22,23)(H3,21,26,27,30)/t7-,9+,12-,17-,38?,39?/m1/s1. The van der Waals surface area contributed by atoms with E-state index in [0.717, 1.165) is 6.33 Å². The Labute approximate surface area is 238 Å². The summed E-state index contributed by atoms with van der Waals surface area (Å²) in [5, 5.41) is 0. The quantitative estimate of drug-likeness (QED) is 0.144. The zero-order valence-electron chi connectivity index (χ0n) is 20.5. The van der Waals surface area contributed by atoms with Crippen LogP contribution in [0.2, 0.25) is 0 Å². The van der Waals surface area contributed by atoms with Crippen LogP contribution in [-0.4, -0.2) is 70.6 Å². The molecule has 5 N–H and O–H groups in total. The Hall–Kier alpha value is -2.61. The van der Waals surface area contributed by atoms with Crippen molar-refractivity contribution in [2.45, 2.75) is 37.8 Å². The van der Waals surface area contributed by atoms with Gasteiger partial charge in [0, 0.05) is 6.54 Å². The first-order chi connectivity index (χ1) is 19.4. The zero-order valence-corrected chi connectivity index (χ0v) is 24.1. The highest BCUT2D eigenvalue weighted by molar-refractivity contribution is 8.44. The molecule has 2 unspecified atom stereocenters. The molecule has 2 aliphatic rings. The third kappa shape index (κ3) is 5.49. The van der Waals surface area contributed by atoms with Crippen LogP contribution in [0.25, 0.3) is 22.3 Å². The number of thiol groups is 2. The predicted molar refractivity (Wildman–Crippen MR) is 146 cm³/mol. The molecule has 0 aromatic carbocycles. The van der Waals surface area contributed by atoms with Gasteiger partial charge in [0.25, 0.3) is 5.56 Å². The Balaban J connectivity index is 1.39. The van der Waals surface area contributed by atoms with Crippen molar-refractivity contribution in [2.24, 2.45) is 0 Å². The third-order valence-corrected chi connectivity index (χ3v) is 9.48. The molecule has 0 amide bonds. The average Bonchev–Trinajstić information content (AvgIpc) is 3.56. The highest BCUT2D eigenvalue weighted by Gasteiger charge is 2.51. The number of hydrogen-bond acceptors (Lipinski definition) is 15. The molecule has 18 nitrogen and oxygen atoms in total. The van der Waals surface area contributed by atoms with Crippen molar-refractivity contribution in [1.29, 1.82) is 0 Å². The van der Waals surface area contributed by atoms with Gasteiger partial charge < -0.3 is 20.8 Å². The molecule has 1 fully saturated rings. The van der Waals surface area contributed by atoms with Crippen LogP contribution in [0.4, 0.5) is 16.2 Å². The number of H-pyrrole nitrogens is 1. The number of nitrogens with one attached hydrogen (secondary N) is 1. The Morgan fingerprint density at radius 1 is 1.05 bits per heavy atom. The molecule has 6 atom stereocenters. The lowest BCUT2D eigenvalue weighted by molar-refractivity contribution is -0.0444. The van der Waals surface area contributed by atoms with Crippen LogP contribution in [0, 0.1) is 0 Å². The van der Waals surface area contributed by atoms with Crippen molar-refractivity contribution in [1.82, 2.24) is 39.0 Å². The fourth-order valence-electron chi connectivity index (χ4n) is 4.42. The minimum absolute atomic E-state index is 0.0244. The van der Waals surface area contributed by atoms with E-state index in [2.05, 4.69) is 54.4 Å². The first-order valence-electron chi connectivity index (χ1n) is 11.7. The summed E-state index contributed by atoms with van der Waals surface area (Å²) in [6, 6.07) is 0. The summed E-state index contributed by atoms with van der Waals surface area (Å²) in [6.45, 7) is -9.63. The number of fused-ring (bicyclic) bond motifs is 6. The number of rotatable bonds is 1. The van der Waals surface area contributed by atoms with Crippen LogP contribution in [0.15, 0.2) is 17.4 Å². The van der Waals surface area contributed by atoms with Crippen molar-refractivity contribution in [3.63, 3.8) is 0 Å². The highest BCUT2D eigenvalue weighted by Crippen LogP contribution is 2.58. The Morgan fingerprint density at radius 2 is 1.85 bits per heavy atom. The van der Waals surface area contributed by atoms with Gasteiger partial charge in [-0.3, -0.25) is 32.4 Å². The number of anilines is 2. The lowest BCUT2D eigenvalue weighted by Gasteiger charge is -2.24. The monoisotopic (exact) mass is 650 g/mol. The van der Waals surface area contributed by atoms with E-state index in [1.807, 2.05) is 0 Å². The van der Waals surface area contributed by atoms with E-state index in [1.54, 1.807) is 0 Å². The van der Waals surface area contributed by atoms with Gasteiger partial charge >= 0.3 is 13.6 Å². The fourth-order valence-corrected chi connectivity index (χ4v) is 6.95. The average molecular weight is 651 g/mol. The van der Waals surface area contributed by atoms with E-state index in [1.165, 1.54) is 15.5 Å². The number of hydrogen-bond donors (Lipinski definition) is 5. The molecule has 4 aromatic rings. The van der Waals surface area contributed by atoms with Crippen molar-refractivity contribution >= 4 is 72.2 Å². The van der Waals surface area contributed by atoms with Crippen molar-refractivity contribution < 1.29 is 36.4 Å². The maximum atomic E-state index is 15.8. The van der Waals surface area contributed by atoms with E-state index < -0.39 is 57.0 Å². The van der Waals surface area contributed by atoms with E-state index in [0.29, 0.717) is 5.65 Å². The van der Waals surface area contributed by atoms with Crippen LogP contribution >= 0.6 is 38.1 Å². The molecule has 0 spiro atoms. The molecule has 6 rings (SSSR count). The first kappa shape index (κ1) is 28.5. The van der Waals surface area contributed by atoms with Gasteiger partial charge in [0.1, 0.15) is 31.0 Å². The summed E-state index contributed by atoms with van der Waals surface area (Å²) in [6.07, 6.45) is -4.20. The number of nitrogens with two attached hydrogens (primary N) is 2. The number of aromatic amines is 1. The van der Waals surface area contributed by atoms with Gasteiger partial charge in [0.05, 0.1) is 19.5 Å². The fraction of sp³-hybridized carbons (Fsp3) is 0.444. The van der Waals surface area contributed by atoms with Gasteiger partial charge in [0.15, 0.2) is 40.5 Å². The minimum atomic E-state index is -4.35. The van der Waals surface area contributed by atoms with E-state index >= 15 is 4.39 Å². The van der Waals surface area contributed by atoms with Gasteiger partial charge in [-0.25, -0.2) is 33.5 Å². The number of nitrogen functional groups attached to an aromatic ring is 2. The summed E-state index contributed by atoms with van der Waals surface area (Å²) in [4.78, 5) is 35.0. The number of imidazole rings is 2. The summed E-state index contributed by atoms with van der Waals surface area (Å²) in [5.41, 5.74) is 11.3. The maximum absolute atomic E-state index is 15.8. The van der Waals surface area contributed by atoms with Crippen molar-refractivity contribution in [3.8, 4) is 0 Å². The van der Waals surface area contributed by atoms with Gasteiger partial charge in [-0.05, 0) is 0 Å². The molecule has 1 saturated heterocycles. The zero-order chi connectivity index (χ0) is 29.1. The second-order valence-corrected chi connectivity index (χ2v) is 14.6. The number of halogens is 1. The molecule has 6 heterocycles. The molecule has 41 heavy (non-hydrogen) atoms. The normalized spacial score (nSPS) is 31.6. The van der Waals surface area contributed by atoms with Gasteiger partial charge in [0.2, 0.25) is 5.95 Å². The Morgan fingerprint density at radius 3 is 2.66 bits per heavy atom. The number of alkyl halides is 1. The summed E-state index contributed by atoms with van der Waals surface area (Å²) in [5.74, 6) is -0.0148. The van der Waals surface area contributed by atoms with E-state index in [4.69, 9.17) is 34.3 Å². The van der Waals surface area contributed by atoms with Crippen LogP contribution in [0.1, 0.15) is 12.1 Å². The minimum Gasteiger partial charge on any atom is -0.382 e. The maximum Gasteiger partial charge on any atom is 0.387 e. The molecule has 0 radical (unpaired) electrons. The van der Waals surface area contributed by atoms with Gasteiger partial charge in [-0.15, -0.1) is 0 Å². The number of aromatic nitrogens is 8. The second kappa shape index (κ2) is 10.6. The number of ether oxygens (including phenoxy) is 1. The lowest BCUT2D eigenvalue weighted by atomic mass is 10.1. The molecule has 2 aliphatic heterocycles. The molecule has 2 bridgehead atoms. The molecule has 0 saturated carbocycles. The summed E-state index contributed by atoms with van der Waals surface area (Å²) < 4.78 is 72.3. The second-order valence-electron chi connectivity index (χ2n) is 8.81. The SMILES string of the molecule is Nc1nc2c(ncn2[C@@H]2O[C@@H]3COP(=O)(S)OCCn4c(nc5c(N)ncnc54)COP(=O)(S)O[C@@H]2[C@H]3F)c(=O)[nH]1. The Bertz CT molecular complexity index is 1800. The van der Waals surface area contributed by atoms with Gasteiger partial charge in [-0.2, -0.15) is 4.98 Å². The molecular weight excluding hydrogens is 629 g/mol. The lowest BCUT2D eigenvalue weighted by Crippen LogP contribution is -2.31. The van der Waals surface area contributed by atoms with E-state index in [9.17, 15) is 13.9 Å². The summed E-state index contributed by atoms with van der Waals surface area (Å²) >= 11 is 8.01. The van der Waals surface area contributed by atoms with Crippen LogP contribution in [0.5, 0.6) is 0 Å². The van der Waals surface area contributed by atoms with Crippen LogP contribution in [0.3, 0.4) is 0 Å². The molecule has 0 aliphatic carbocycles. The molecule has 23 heteroatoms. The third-order valence-electron chi connectivity index (χ3n) is 6.21. The van der Waals surface area contributed by atoms with E-state index in [-0.39, 0.29) is 47.4 Å². The van der Waals surface area contributed by atoms with Crippen LogP contribution < -0.4 is 17.0 Å². The van der Waals surface area contributed by atoms with Crippen molar-refractivity contribution in [3.05, 3.63) is 28.8 Å². The first-order valence-corrected chi connectivity index (χ1v) is 17.1. The Kier molecular flexibility index (Phi) is 7.36. The topological polar surface area (TPSA) is 239 Å². The highest BCUT2D eigenvalue weighted by atomic mass is 32.7. The molecule has 4 aromatic heterocycles. The van der Waals surface area contributed by atoms with Crippen molar-refractivity contribution in [2.75, 3.05) is 24.7 Å². The molecular formula is C18H21FN10O8P2S2. The van der Waals surface area contributed by atoms with Crippen LogP contribution in [-0.2, 0) is 45.1 Å². The summed E-state index contributed by atoms with van der Waals surface area (Å²) in [7, 11) is 0. The number of nitrogens with zero attached hydrogens (tertiary/aromatic N) is 7. The van der Waals surface area contributed by atoms with Gasteiger partial charge in [-0.1, -0.05) is 24.5 Å². The largest absolute Gasteiger partial charge is 0.387 e. The predicted octanol–water partition coefficient (Wildman–Crippen LogP) is 1.38. The molecule has 220 valence electrons. The smallest absolute Gasteiger partial charge is 0.382 e.